The van der Waals surface area contributed by atoms with E-state index in [-0.39, 0.29) is 5.84 Å². The molecular weight excluding hydrogens is 206 g/mol. The second-order valence-corrected chi connectivity index (χ2v) is 3.23. The Labute approximate surface area is 92.2 Å². The van der Waals surface area contributed by atoms with Gasteiger partial charge in [0.05, 0.1) is 7.11 Å². The zero-order chi connectivity index (χ0) is 11.5. The van der Waals surface area contributed by atoms with E-state index in [1.165, 1.54) is 0 Å². The number of rotatable bonds is 2. The van der Waals surface area contributed by atoms with Gasteiger partial charge in [-0.2, -0.15) is 0 Å². The van der Waals surface area contributed by atoms with Crippen molar-refractivity contribution in [3.8, 4) is 5.75 Å². The van der Waals surface area contributed by atoms with Crippen LogP contribution in [0, 0.1) is 0 Å². The number of hydrogen-bond acceptors (Lipinski definition) is 4. The molecule has 0 unspecified atom stereocenters. The second-order valence-electron chi connectivity index (χ2n) is 3.23. The molecule has 16 heavy (non-hydrogen) atoms. The molecule has 0 saturated carbocycles. The van der Waals surface area contributed by atoms with Crippen molar-refractivity contribution in [3.63, 3.8) is 0 Å². The maximum Gasteiger partial charge on any atom is 0.189 e. The van der Waals surface area contributed by atoms with Crippen molar-refractivity contribution < 1.29 is 9.94 Å². The monoisotopic (exact) mass is 217 g/mol. The highest BCUT2D eigenvalue weighted by Crippen LogP contribution is 2.22. The summed E-state index contributed by atoms with van der Waals surface area (Å²) in [6.07, 6.45) is 1.61. The van der Waals surface area contributed by atoms with Crippen LogP contribution >= 0.6 is 0 Å². The molecule has 0 radical (unpaired) electrons. The van der Waals surface area contributed by atoms with Gasteiger partial charge >= 0.3 is 0 Å². The van der Waals surface area contributed by atoms with Gasteiger partial charge in [0, 0.05) is 11.6 Å². The van der Waals surface area contributed by atoms with Crippen molar-refractivity contribution in [3.05, 3.63) is 36.2 Å². The largest absolute Gasteiger partial charge is 0.497 e. The van der Waals surface area contributed by atoms with Crippen molar-refractivity contribution in [2.75, 3.05) is 7.11 Å². The molecule has 3 N–H and O–H groups in total. The third-order valence-electron chi connectivity index (χ3n) is 2.32. The molecule has 5 nitrogen and oxygen atoms in total. The lowest BCUT2D eigenvalue weighted by Gasteiger charge is -2.05. The minimum absolute atomic E-state index is 0.0150. The number of nitrogens with zero attached hydrogens (tertiary/aromatic N) is 2. The summed E-state index contributed by atoms with van der Waals surface area (Å²) >= 11 is 0. The Hall–Kier alpha value is -2.30. The van der Waals surface area contributed by atoms with Crippen molar-refractivity contribution >= 4 is 16.6 Å². The van der Waals surface area contributed by atoms with Gasteiger partial charge in [-0.15, -0.1) is 0 Å². The number of ether oxygens (including phenoxy) is 1. The van der Waals surface area contributed by atoms with E-state index < -0.39 is 0 Å². The molecule has 0 amide bonds. The minimum Gasteiger partial charge on any atom is -0.497 e. The normalized spacial score (nSPS) is 11.7. The molecule has 2 aromatic rings. The van der Waals surface area contributed by atoms with Crippen LogP contribution in [0.25, 0.3) is 10.8 Å². The minimum atomic E-state index is -0.0150. The summed E-state index contributed by atoms with van der Waals surface area (Å²) in [7, 11) is 1.58. The molecule has 5 heteroatoms. The fourth-order valence-corrected chi connectivity index (χ4v) is 1.53. The Balaban J connectivity index is 2.74. The predicted molar refractivity (Wildman–Crippen MR) is 60.8 cm³/mol. The van der Waals surface area contributed by atoms with Gasteiger partial charge in [-0.05, 0) is 23.6 Å². The first-order valence-electron chi connectivity index (χ1n) is 4.67. The SMILES string of the molecule is COc1ccc2ccnc(/C(N)=N/O)c2c1. The zero-order valence-electron chi connectivity index (χ0n) is 8.71. The van der Waals surface area contributed by atoms with Crippen molar-refractivity contribution in [2.45, 2.75) is 0 Å². The lowest BCUT2D eigenvalue weighted by Crippen LogP contribution is -2.15. The molecule has 0 saturated heterocycles. The Bertz CT molecular complexity index is 552. The molecule has 0 aliphatic heterocycles. The highest BCUT2D eigenvalue weighted by molar-refractivity contribution is 6.07. The number of pyridine rings is 1. The van der Waals surface area contributed by atoms with Gasteiger partial charge in [-0.25, -0.2) is 0 Å². The smallest absolute Gasteiger partial charge is 0.189 e. The van der Waals surface area contributed by atoms with E-state index in [0.717, 1.165) is 10.8 Å². The van der Waals surface area contributed by atoms with E-state index in [0.29, 0.717) is 11.4 Å². The van der Waals surface area contributed by atoms with Gasteiger partial charge < -0.3 is 15.7 Å². The predicted octanol–water partition coefficient (Wildman–Crippen LogP) is 1.34. The molecule has 82 valence electrons. The van der Waals surface area contributed by atoms with E-state index in [4.69, 9.17) is 15.7 Å². The quantitative estimate of drug-likeness (QED) is 0.344. The topological polar surface area (TPSA) is 80.7 Å². The van der Waals surface area contributed by atoms with Crippen molar-refractivity contribution in [2.24, 2.45) is 10.9 Å². The van der Waals surface area contributed by atoms with Crippen LogP contribution in [0.3, 0.4) is 0 Å². The van der Waals surface area contributed by atoms with Gasteiger partial charge in [-0.3, -0.25) is 4.98 Å². The summed E-state index contributed by atoms with van der Waals surface area (Å²) in [5.41, 5.74) is 5.99. The van der Waals surface area contributed by atoms with Gasteiger partial charge in [0.1, 0.15) is 11.4 Å². The van der Waals surface area contributed by atoms with Crippen LogP contribution in [-0.4, -0.2) is 23.1 Å². The van der Waals surface area contributed by atoms with E-state index >= 15 is 0 Å². The molecule has 0 fully saturated rings. The van der Waals surface area contributed by atoms with Crippen LogP contribution in [0.2, 0.25) is 0 Å². The molecule has 0 aliphatic carbocycles. The van der Waals surface area contributed by atoms with Gasteiger partial charge in [0.2, 0.25) is 0 Å². The zero-order valence-corrected chi connectivity index (χ0v) is 8.71. The molecule has 1 aromatic carbocycles. The van der Waals surface area contributed by atoms with Crippen molar-refractivity contribution in [1.82, 2.24) is 4.98 Å². The molecule has 0 atom stereocenters. The fraction of sp³-hybridized carbons (Fsp3) is 0.0909. The summed E-state index contributed by atoms with van der Waals surface area (Å²) < 4.78 is 5.12. The van der Waals surface area contributed by atoms with E-state index in [1.807, 2.05) is 18.2 Å². The first-order chi connectivity index (χ1) is 7.76. The Morgan fingerprint density at radius 3 is 2.94 bits per heavy atom. The maximum atomic E-state index is 8.67. The first kappa shape index (κ1) is 10.2. The molecular formula is C11H11N3O2. The number of methoxy groups -OCH3 is 1. The van der Waals surface area contributed by atoms with Gasteiger partial charge in [0.25, 0.3) is 0 Å². The van der Waals surface area contributed by atoms with Gasteiger partial charge in [0.15, 0.2) is 5.84 Å². The number of aromatic nitrogens is 1. The molecule has 2 rings (SSSR count). The summed E-state index contributed by atoms with van der Waals surface area (Å²) in [6, 6.07) is 7.39. The van der Waals surface area contributed by atoms with E-state index in [2.05, 4.69) is 10.1 Å². The average molecular weight is 217 g/mol. The van der Waals surface area contributed by atoms with Crippen LogP contribution in [0.15, 0.2) is 35.6 Å². The maximum absolute atomic E-state index is 8.67. The first-order valence-corrected chi connectivity index (χ1v) is 4.67. The number of oxime groups is 1. The van der Waals surface area contributed by atoms with Crippen molar-refractivity contribution in [1.29, 1.82) is 0 Å². The van der Waals surface area contributed by atoms with Crippen LogP contribution in [0.1, 0.15) is 5.69 Å². The van der Waals surface area contributed by atoms with Gasteiger partial charge in [-0.1, -0.05) is 11.2 Å². The highest BCUT2D eigenvalue weighted by atomic mass is 16.5. The van der Waals surface area contributed by atoms with Crippen LogP contribution in [0.4, 0.5) is 0 Å². The number of hydrogen-bond donors (Lipinski definition) is 2. The van der Waals surface area contributed by atoms with E-state index in [1.54, 1.807) is 19.4 Å². The summed E-state index contributed by atoms with van der Waals surface area (Å²) in [5.74, 6) is 0.686. The lowest BCUT2D eigenvalue weighted by molar-refractivity contribution is 0.318. The summed E-state index contributed by atoms with van der Waals surface area (Å²) in [5, 5.41) is 13.4. The molecule has 0 aliphatic rings. The highest BCUT2D eigenvalue weighted by Gasteiger charge is 2.07. The number of nitrogens with two attached hydrogens (primary N) is 1. The van der Waals surface area contributed by atoms with Crippen LogP contribution in [0.5, 0.6) is 5.75 Å². The van der Waals surface area contributed by atoms with E-state index in [9.17, 15) is 0 Å². The Morgan fingerprint density at radius 1 is 1.44 bits per heavy atom. The standard InChI is InChI=1S/C11H11N3O2/c1-16-8-3-2-7-4-5-13-10(9(7)6-8)11(12)14-15/h2-6,15H,1H3,(H2,12,14). The molecule has 0 bridgehead atoms. The molecule has 1 heterocycles. The summed E-state index contributed by atoms with van der Waals surface area (Å²) in [4.78, 5) is 4.08. The summed E-state index contributed by atoms with van der Waals surface area (Å²) in [6.45, 7) is 0. The number of benzene rings is 1. The molecule has 0 spiro atoms. The average Bonchev–Trinajstić information content (AvgIpc) is 2.36. The van der Waals surface area contributed by atoms with Crippen LogP contribution in [-0.2, 0) is 0 Å². The fourth-order valence-electron chi connectivity index (χ4n) is 1.53. The number of fused-ring (bicyclic) bond motifs is 1. The second kappa shape index (κ2) is 4.06. The molecule has 1 aromatic heterocycles. The number of amidine groups is 1. The van der Waals surface area contributed by atoms with Crippen LogP contribution < -0.4 is 10.5 Å². The Morgan fingerprint density at radius 2 is 2.25 bits per heavy atom. The Kier molecular flexibility index (Phi) is 2.59. The third-order valence-corrected chi connectivity index (χ3v) is 2.32. The third kappa shape index (κ3) is 1.63. The lowest BCUT2D eigenvalue weighted by atomic mass is 10.1.